The first-order chi connectivity index (χ1) is 7.13. The van der Waals surface area contributed by atoms with Gasteiger partial charge in [0.05, 0.1) is 12.2 Å². The molecule has 0 N–H and O–H groups in total. The van der Waals surface area contributed by atoms with Crippen molar-refractivity contribution in [3.8, 4) is 11.8 Å². The number of benzene rings is 1. The Bertz CT molecular complexity index is 401. The lowest BCUT2D eigenvalue weighted by atomic mass is 10.1. The standard InChI is InChI=1S/C13H15NO/c1-10(2)6-7-15-13-5-4-11(3)8-12(13)9-14/h4-5,8H,1,6-7H2,2-3H3. The van der Waals surface area contributed by atoms with Gasteiger partial charge in [0.15, 0.2) is 0 Å². The first kappa shape index (κ1) is 11.3. The van der Waals surface area contributed by atoms with Gasteiger partial charge in [0.25, 0.3) is 0 Å². The fourth-order valence-corrected chi connectivity index (χ4v) is 1.19. The number of hydrogen-bond acceptors (Lipinski definition) is 2. The van der Waals surface area contributed by atoms with Gasteiger partial charge in [-0.15, -0.1) is 6.58 Å². The Morgan fingerprint density at radius 1 is 1.53 bits per heavy atom. The number of aryl methyl sites for hydroxylation is 1. The Morgan fingerprint density at radius 3 is 2.87 bits per heavy atom. The van der Waals surface area contributed by atoms with Crippen molar-refractivity contribution in [3.63, 3.8) is 0 Å². The second-order valence-electron chi connectivity index (χ2n) is 3.67. The molecule has 0 heterocycles. The molecular formula is C13H15NO. The summed E-state index contributed by atoms with van der Waals surface area (Å²) in [6, 6.07) is 7.74. The van der Waals surface area contributed by atoms with E-state index in [1.807, 2.05) is 32.0 Å². The monoisotopic (exact) mass is 201 g/mol. The average molecular weight is 201 g/mol. The van der Waals surface area contributed by atoms with Gasteiger partial charge in [-0.25, -0.2) is 0 Å². The maximum atomic E-state index is 8.90. The van der Waals surface area contributed by atoms with Crippen LogP contribution in [0, 0.1) is 18.3 Å². The van der Waals surface area contributed by atoms with Gasteiger partial charge in [0, 0.05) is 6.42 Å². The summed E-state index contributed by atoms with van der Waals surface area (Å²) in [6.07, 6.45) is 0.818. The lowest BCUT2D eigenvalue weighted by Gasteiger charge is -2.07. The maximum absolute atomic E-state index is 8.90. The van der Waals surface area contributed by atoms with Gasteiger partial charge in [-0.3, -0.25) is 0 Å². The van der Waals surface area contributed by atoms with Crippen molar-refractivity contribution in [1.29, 1.82) is 5.26 Å². The van der Waals surface area contributed by atoms with Crippen molar-refractivity contribution in [2.75, 3.05) is 6.61 Å². The first-order valence-electron chi connectivity index (χ1n) is 4.91. The van der Waals surface area contributed by atoms with Crippen LogP contribution in [0.25, 0.3) is 0 Å². The highest BCUT2D eigenvalue weighted by Gasteiger charge is 2.02. The molecule has 2 heteroatoms. The summed E-state index contributed by atoms with van der Waals surface area (Å²) < 4.78 is 5.51. The Kier molecular flexibility index (Phi) is 3.93. The van der Waals surface area contributed by atoms with Crippen molar-refractivity contribution in [2.24, 2.45) is 0 Å². The molecule has 0 bridgehead atoms. The van der Waals surface area contributed by atoms with Gasteiger partial charge in [-0.2, -0.15) is 5.26 Å². The second-order valence-corrected chi connectivity index (χ2v) is 3.67. The minimum atomic E-state index is 0.576. The number of hydrogen-bond donors (Lipinski definition) is 0. The van der Waals surface area contributed by atoms with E-state index >= 15 is 0 Å². The van der Waals surface area contributed by atoms with E-state index < -0.39 is 0 Å². The SMILES string of the molecule is C=C(C)CCOc1ccc(C)cc1C#N. The predicted octanol–water partition coefficient (Wildman–Crippen LogP) is 3.21. The van der Waals surface area contributed by atoms with E-state index in [9.17, 15) is 0 Å². The van der Waals surface area contributed by atoms with E-state index in [0.717, 1.165) is 17.6 Å². The van der Waals surface area contributed by atoms with Gasteiger partial charge in [-0.1, -0.05) is 11.6 Å². The third-order valence-corrected chi connectivity index (χ3v) is 2.04. The minimum Gasteiger partial charge on any atom is -0.492 e. The molecule has 0 aliphatic carbocycles. The van der Waals surface area contributed by atoms with Crippen LogP contribution in [-0.4, -0.2) is 6.61 Å². The molecule has 0 spiro atoms. The van der Waals surface area contributed by atoms with Crippen molar-refractivity contribution in [1.82, 2.24) is 0 Å². The van der Waals surface area contributed by atoms with Crippen LogP contribution in [-0.2, 0) is 0 Å². The molecule has 0 saturated heterocycles. The summed E-state index contributed by atoms with van der Waals surface area (Å²) in [5.74, 6) is 0.657. The highest BCUT2D eigenvalue weighted by atomic mass is 16.5. The van der Waals surface area contributed by atoms with Crippen LogP contribution in [0.2, 0.25) is 0 Å². The number of nitrogens with zero attached hydrogens (tertiary/aromatic N) is 1. The van der Waals surface area contributed by atoms with Crippen LogP contribution in [0.15, 0.2) is 30.4 Å². The zero-order valence-corrected chi connectivity index (χ0v) is 9.21. The van der Waals surface area contributed by atoms with Crippen molar-refractivity contribution in [2.45, 2.75) is 20.3 Å². The molecule has 78 valence electrons. The highest BCUT2D eigenvalue weighted by Crippen LogP contribution is 2.19. The third kappa shape index (κ3) is 3.47. The molecule has 0 atom stereocenters. The van der Waals surface area contributed by atoms with Crippen molar-refractivity contribution in [3.05, 3.63) is 41.5 Å². The summed E-state index contributed by atoms with van der Waals surface area (Å²) in [6.45, 7) is 8.29. The van der Waals surface area contributed by atoms with E-state index in [4.69, 9.17) is 10.00 Å². The van der Waals surface area contributed by atoms with Crippen LogP contribution in [0.4, 0.5) is 0 Å². The Morgan fingerprint density at radius 2 is 2.27 bits per heavy atom. The molecule has 1 aromatic carbocycles. The summed E-state index contributed by atoms with van der Waals surface area (Å²) in [7, 11) is 0. The molecule has 0 aliphatic heterocycles. The van der Waals surface area contributed by atoms with Crippen LogP contribution in [0.1, 0.15) is 24.5 Å². The topological polar surface area (TPSA) is 33.0 Å². The average Bonchev–Trinajstić information content (AvgIpc) is 2.19. The molecule has 0 aliphatic rings. The number of nitriles is 1. The normalized spacial score (nSPS) is 9.40. The zero-order chi connectivity index (χ0) is 11.3. The molecule has 0 radical (unpaired) electrons. The fourth-order valence-electron chi connectivity index (χ4n) is 1.19. The number of rotatable bonds is 4. The molecule has 0 amide bonds. The molecule has 1 rings (SSSR count). The second kappa shape index (κ2) is 5.21. The van der Waals surface area contributed by atoms with Crippen molar-refractivity contribution < 1.29 is 4.74 Å². The Hall–Kier alpha value is -1.75. The highest BCUT2D eigenvalue weighted by molar-refractivity contribution is 5.45. The lowest BCUT2D eigenvalue weighted by molar-refractivity contribution is 0.321. The third-order valence-electron chi connectivity index (χ3n) is 2.04. The van der Waals surface area contributed by atoms with E-state index in [2.05, 4.69) is 12.6 Å². The van der Waals surface area contributed by atoms with Crippen LogP contribution < -0.4 is 4.74 Å². The molecule has 0 saturated carbocycles. The van der Waals surface area contributed by atoms with Gasteiger partial charge < -0.3 is 4.74 Å². The van der Waals surface area contributed by atoms with Gasteiger partial charge in [0.1, 0.15) is 11.8 Å². The Balaban J connectivity index is 2.69. The van der Waals surface area contributed by atoms with Crippen molar-refractivity contribution >= 4 is 0 Å². The molecule has 15 heavy (non-hydrogen) atoms. The molecule has 0 unspecified atom stereocenters. The quantitative estimate of drug-likeness (QED) is 0.701. The van der Waals surface area contributed by atoms with Gasteiger partial charge in [0.2, 0.25) is 0 Å². The summed E-state index contributed by atoms with van der Waals surface area (Å²) in [5.41, 5.74) is 2.75. The smallest absolute Gasteiger partial charge is 0.137 e. The fraction of sp³-hybridized carbons (Fsp3) is 0.308. The molecular weight excluding hydrogens is 186 g/mol. The van der Waals surface area contributed by atoms with E-state index in [0.29, 0.717) is 17.9 Å². The predicted molar refractivity (Wildman–Crippen MR) is 60.8 cm³/mol. The van der Waals surface area contributed by atoms with Crippen LogP contribution in [0.5, 0.6) is 5.75 Å². The van der Waals surface area contributed by atoms with E-state index in [-0.39, 0.29) is 0 Å². The zero-order valence-electron chi connectivity index (χ0n) is 9.21. The molecule has 1 aromatic rings. The maximum Gasteiger partial charge on any atom is 0.137 e. The van der Waals surface area contributed by atoms with E-state index in [1.165, 1.54) is 0 Å². The van der Waals surface area contributed by atoms with Crippen LogP contribution >= 0.6 is 0 Å². The van der Waals surface area contributed by atoms with Crippen LogP contribution in [0.3, 0.4) is 0 Å². The Labute approximate surface area is 90.8 Å². The number of ether oxygens (including phenoxy) is 1. The molecule has 0 fully saturated rings. The van der Waals surface area contributed by atoms with E-state index in [1.54, 1.807) is 0 Å². The summed E-state index contributed by atoms with van der Waals surface area (Å²) >= 11 is 0. The largest absolute Gasteiger partial charge is 0.492 e. The first-order valence-corrected chi connectivity index (χ1v) is 4.91. The summed E-state index contributed by atoms with van der Waals surface area (Å²) in [4.78, 5) is 0. The molecule has 2 nitrogen and oxygen atoms in total. The minimum absolute atomic E-state index is 0.576. The molecule has 0 aromatic heterocycles. The summed E-state index contributed by atoms with van der Waals surface area (Å²) in [5, 5.41) is 8.90. The van der Waals surface area contributed by atoms with Gasteiger partial charge >= 0.3 is 0 Å². The van der Waals surface area contributed by atoms with Gasteiger partial charge in [-0.05, 0) is 31.5 Å². The lowest BCUT2D eigenvalue weighted by Crippen LogP contribution is -1.99.